The molecule has 0 aliphatic carbocycles. The molecule has 15 heteroatoms. The Morgan fingerprint density at radius 1 is 0.704 bits per heavy atom. The van der Waals surface area contributed by atoms with E-state index in [-0.39, 0.29) is 0 Å². The third-order valence-electron chi connectivity index (χ3n) is 3.27. The molecule has 0 rings (SSSR count). The number of carboxylic acids is 1. The van der Waals surface area contributed by atoms with Gasteiger partial charge in [0.15, 0.2) is 0 Å². The summed E-state index contributed by atoms with van der Waals surface area (Å²) in [5.41, 5.74) is -0.866. The minimum atomic E-state index is -7.93. The molecule has 0 aromatic rings. The van der Waals surface area contributed by atoms with Crippen molar-refractivity contribution in [1.82, 2.24) is 0 Å². The SMILES string of the molecule is C=C(CCCC(F)(F)C(F)(F)C(F)(F)C(F)(F)C(F)(F)C(F)(F)F)C(=O)O. The van der Waals surface area contributed by atoms with E-state index >= 15 is 0 Å². The highest BCUT2D eigenvalue weighted by molar-refractivity contribution is 5.85. The van der Waals surface area contributed by atoms with Crippen LogP contribution in [-0.4, -0.2) is 46.9 Å². The first kappa shape index (κ1) is 25.3. The van der Waals surface area contributed by atoms with Crippen LogP contribution in [0.1, 0.15) is 19.3 Å². The van der Waals surface area contributed by atoms with Crippen molar-refractivity contribution in [2.45, 2.75) is 55.1 Å². The smallest absolute Gasteiger partial charge is 0.460 e. The average Bonchev–Trinajstić information content (AvgIpc) is 2.44. The van der Waals surface area contributed by atoms with Crippen molar-refractivity contribution in [3.05, 3.63) is 12.2 Å². The number of halogens is 13. The summed E-state index contributed by atoms with van der Waals surface area (Å²) in [6.45, 7) is 2.76. The van der Waals surface area contributed by atoms with E-state index < -0.39 is 66.6 Å². The quantitative estimate of drug-likeness (QED) is 0.384. The van der Waals surface area contributed by atoms with Crippen LogP contribution in [0, 0.1) is 0 Å². The Hall–Kier alpha value is -1.70. The summed E-state index contributed by atoms with van der Waals surface area (Å²) >= 11 is 0. The summed E-state index contributed by atoms with van der Waals surface area (Å²) in [7, 11) is 0. The number of carbonyl (C=O) groups is 1. The van der Waals surface area contributed by atoms with Gasteiger partial charge >= 0.3 is 41.8 Å². The van der Waals surface area contributed by atoms with E-state index in [0.29, 0.717) is 0 Å². The molecule has 27 heavy (non-hydrogen) atoms. The van der Waals surface area contributed by atoms with Gasteiger partial charge in [-0.25, -0.2) is 4.79 Å². The molecule has 0 radical (unpaired) electrons. The van der Waals surface area contributed by atoms with Gasteiger partial charge in [-0.2, -0.15) is 57.1 Å². The Morgan fingerprint density at radius 2 is 1.07 bits per heavy atom. The van der Waals surface area contributed by atoms with Crippen LogP contribution in [0.2, 0.25) is 0 Å². The van der Waals surface area contributed by atoms with Gasteiger partial charge in [0.1, 0.15) is 0 Å². The van der Waals surface area contributed by atoms with Crippen molar-refractivity contribution >= 4 is 5.97 Å². The molecule has 160 valence electrons. The second kappa shape index (κ2) is 7.04. The fraction of sp³-hybridized carbons (Fsp3) is 0.750. The van der Waals surface area contributed by atoms with Crippen LogP contribution >= 0.6 is 0 Å². The summed E-state index contributed by atoms with van der Waals surface area (Å²) < 4.78 is 166. The summed E-state index contributed by atoms with van der Waals surface area (Å²) in [5, 5.41) is 8.33. The van der Waals surface area contributed by atoms with Crippen LogP contribution in [0.25, 0.3) is 0 Å². The first-order valence-electron chi connectivity index (χ1n) is 6.45. The summed E-state index contributed by atoms with van der Waals surface area (Å²) in [6.07, 6.45) is -12.3. The van der Waals surface area contributed by atoms with Gasteiger partial charge in [0, 0.05) is 12.0 Å². The van der Waals surface area contributed by atoms with Crippen molar-refractivity contribution in [1.29, 1.82) is 0 Å². The van der Waals surface area contributed by atoms with Crippen molar-refractivity contribution in [2.24, 2.45) is 0 Å². The normalized spacial score (nSPS) is 15.0. The highest BCUT2D eigenvalue weighted by Gasteiger charge is 2.90. The lowest BCUT2D eigenvalue weighted by molar-refractivity contribution is -0.440. The van der Waals surface area contributed by atoms with Crippen LogP contribution in [0.15, 0.2) is 12.2 Å². The van der Waals surface area contributed by atoms with Crippen LogP contribution < -0.4 is 0 Å². The summed E-state index contributed by atoms with van der Waals surface area (Å²) in [6, 6.07) is 0. The van der Waals surface area contributed by atoms with Gasteiger partial charge in [-0.05, 0) is 12.8 Å². The Bertz CT molecular complexity index is 576. The summed E-state index contributed by atoms with van der Waals surface area (Å²) in [4.78, 5) is 10.3. The van der Waals surface area contributed by atoms with Gasteiger partial charge in [0.2, 0.25) is 0 Å². The molecule has 0 aliphatic heterocycles. The molecule has 1 N–H and O–H groups in total. The lowest BCUT2D eigenvalue weighted by Gasteiger charge is -2.39. The Balaban J connectivity index is 5.80. The Kier molecular flexibility index (Phi) is 6.59. The zero-order valence-electron chi connectivity index (χ0n) is 12.6. The number of hydrogen-bond donors (Lipinski definition) is 1. The van der Waals surface area contributed by atoms with Gasteiger partial charge in [-0.15, -0.1) is 0 Å². The zero-order valence-corrected chi connectivity index (χ0v) is 12.6. The second-order valence-electron chi connectivity index (χ2n) is 5.26. The molecule has 0 spiro atoms. The monoisotopic (exact) mass is 432 g/mol. The molecule has 0 aliphatic rings. The minimum absolute atomic E-state index is 0.866. The highest BCUT2D eigenvalue weighted by atomic mass is 19.4. The minimum Gasteiger partial charge on any atom is -0.478 e. The van der Waals surface area contributed by atoms with Gasteiger partial charge in [0.25, 0.3) is 0 Å². The molecule has 0 aromatic carbocycles. The third-order valence-corrected chi connectivity index (χ3v) is 3.27. The van der Waals surface area contributed by atoms with Gasteiger partial charge in [-0.3, -0.25) is 0 Å². The molecule has 0 saturated carbocycles. The largest absolute Gasteiger partial charge is 0.478 e. The fourth-order valence-electron chi connectivity index (χ4n) is 1.59. The molecule has 0 saturated heterocycles. The lowest BCUT2D eigenvalue weighted by atomic mass is 9.91. The molecule has 0 aromatic heterocycles. The Morgan fingerprint density at radius 3 is 1.41 bits per heavy atom. The number of aliphatic carboxylic acids is 1. The average molecular weight is 432 g/mol. The molecule has 0 bridgehead atoms. The predicted molar refractivity (Wildman–Crippen MR) is 61.4 cm³/mol. The predicted octanol–water partition coefficient (Wildman–Crippen LogP) is 5.54. The fourth-order valence-corrected chi connectivity index (χ4v) is 1.59. The van der Waals surface area contributed by atoms with Crippen molar-refractivity contribution in [3.8, 4) is 0 Å². The van der Waals surface area contributed by atoms with E-state index in [9.17, 15) is 61.9 Å². The maximum Gasteiger partial charge on any atom is 0.460 e. The van der Waals surface area contributed by atoms with E-state index in [1.54, 1.807) is 0 Å². The van der Waals surface area contributed by atoms with Gasteiger partial charge in [0.05, 0.1) is 0 Å². The molecule has 0 fully saturated rings. The molecule has 0 unspecified atom stereocenters. The lowest BCUT2D eigenvalue weighted by Crippen LogP contribution is -2.70. The van der Waals surface area contributed by atoms with Crippen molar-refractivity contribution < 1.29 is 67.0 Å². The van der Waals surface area contributed by atoms with Crippen molar-refractivity contribution in [3.63, 3.8) is 0 Å². The van der Waals surface area contributed by atoms with E-state index in [0.717, 1.165) is 0 Å². The van der Waals surface area contributed by atoms with E-state index in [2.05, 4.69) is 6.58 Å². The molecular formula is C12H9F13O2. The first-order valence-corrected chi connectivity index (χ1v) is 6.45. The number of alkyl halides is 13. The molecule has 2 nitrogen and oxygen atoms in total. The van der Waals surface area contributed by atoms with E-state index in [1.807, 2.05) is 0 Å². The maximum atomic E-state index is 13.3. The molecular weight excluding hydrogens is 423 g/mol. The van der Waals surface area contributed by atoms with Gasteiger partial charge < -0.3 is 5.11 Å². The molecule has 0 amide bonds. The first-order chi connectivity index (χ1) is 11.6. The standard InChI is InChI=1S/C12H9F13O2/c1-5(6(26)27)3-2-4-7(13,14)8(15,16)9(17,18)10(19,20)11(21,22)12(23,24)25/h1-4H2,(H,26,27). The van der Waals surface area contributed by atoms with Crippen LogP contribution in [0.4, 0.5) is 57.1 Å². The number of carboxylic acid groups (broad SMARTS) is 1. The highest BCUT2D eigenvalue weighted by Crippen LogP contribution is 2.60. The topological polar surface area (TPSA) is 37.3 Å². The molecule has 0 heterocycles. The third kappa shape index (κ3) is 4.10. The maximum absolute atomic E-state index is 13.3. The van der Waals surface area contributed by atoms with Crippen LogP contribution in [0.5, 0.6) is 0 Å². The second-order valence-corrected chi connectivity index (χ2v) is 5.26. The van der Waals surface area contributed by atoms with Crippen LogP contribution in [0.3, 0.4) is 0 Å². The summed E-state index contributed by atoms with van der Waals surface area (Å²) in [5.74, 6) is -38.9. The number of rotatable bonds is 9. The zero-order chi connectivity index (χ0) is 22.3. The van der Waals surface area contributed by atoms with E-state index in [1.165, 1.54) is 0 Å². The van der Waals surface area contributed by atoms with Crippen LogP contribution in [-0.2, 0) is 4.79 Å². The number of hydrogen-bond acceptors (Lipinski definition) is 1. The molecule has 0 atom stereocenters. The van der Waals surface area contributed by atoms with Gasteiger partial charge in [-0.1, -0.05) is 6.58 Å². The van der Waals surface area contributed by atoms with Crippen molar-refractivity contribution in [2.75, 3.05) is 0 Å². The Labute approximate surface area is 141 Å². The van der Waals surface area contributed by atoms with E-state index in [4.69, 9.17) is 5.11 Å².